The normalized spacial score (nSPS) is 9.88. The molecule has 0 heterocycles. The molecule has 0 unspecified atom stereocenters. The van der Waals surface area contributed by atoms with Crippen LogP contribution in [-0.2, 0) is 4.79 Å². The van der Waals surface area contributed by atoms with Crippen molar-refractivity contribution in [1.82, 2.24) is 0 Å². The molecular formula is C17H16N2O5. The quantitative estimate of drug-likeness (QED) is 0.782. The molecule has 0 saturated carbocycles. The standard InChI is InChI=1S/C17H16N2O5/c1-11-2-4-12(5-3-11)18-17(23)19-13-6-8-14(20)15(9-7-13)24-10-16(21)22/h2-9H,10H2,1H3,(H,21,22)(H2,18,19,23). The van der Waals surface area contributed by atoms with Crippen LogP contribution < -0.4 is 20.8 Å². The molecule has 2 aromatic rings. The second-order valence-corrected chi connectivity index (χ2v) is 4.98. The number of carboxylic acids is 1. The number of hydrogen-bond acceptors (Lipinski definition) is 4. The number of carbonyl (C=O) groups excluding carboxylic acids is 1. The average molecular weight is 328 g/mol. The number of rotatable bonds is 5. The number of carboxylic acid groups (broad SMARTS) is 1. The van der Waals surface area contributed by atoms with Crippen LogP contribution >= 0.6 is 0 Å². The fourth-order valence-electron chi connectivity index (χ4n) is 1.82. The number of benzene rings is 1. The minimum absolute atomic E-state index is 0.107. The monoisotopic (exact) mass is 328 g/mol. The molecule has 7 heteroatoms. The van der Waals surface area contributed by atoms with Gasteiger partial charge in [-0.15, -0.1) is 0 Å². The van der Waals surface area contributed by atoms with E-state index >= 15 is 0 Å². The molecule has 124 valence electrons. The van der Waals surface area contributed by atoms with Crippen LogP contribution in [0.1, 0.15) is 5.56 Å². The van der Waals surface area contributed by atoms with Crippen LogP contribution in [0.3, 0.4) is 0 Å². The molecule has 0 aliphatic carbocycles. The lowest BCUT2D eigenvalue weighted by Gasteiger charge is -2.06. The van der Waals surface area contributed by atoms with Crippen LogP contribution in [0.2, 0.25) is 0 Å². The maximum atomic E-state index is 11.9. The van der Waals surface area contributed by atoms with Crippen molar-refractivity contribution in [2.45, 2.75) is 6.92 Å². The molecule has 2 amide bonds. The zero-order valence-corrected chi connectivity index (χ0v) is 12.9. The van der Waals surface area contributed by atoms with Crippen molar-refractivity contribution in [1.29, 1.82) is 0 Å². The Labute approximate surface area is 137 Å². The van der Waals surface area contributed by atoms with E-state index in [4.69, 9.17) is 9.84 Å². The van der Waals surface area contributed by atoms with E-state index in [0.29, 0.717) is 11.4 Å². The Kier molecular flexibility index (Phi) is 5.51. The number of aliphatic carboxylic acids is 1. The molecule has 0 saturated heterocycles. The highest BCUT2D eigenvalue weighted by Crippen LogP contribution is 2.11. The summed E-state index contributed by atoms with van der Waals surface area (Å²) in [6.07, 6.45) is 0. The van der Waals surface area contributed by atoms with Gasteiger partial charge in [-0.25, -0.2) is 9.59 Å². The Morgan fingerprint density at radius 3 is 2.08 bits per heavy atom. The third kappa shape index (κ3) is 5.13. The molecule has 0 bridgehead atoms. The molecule has 2 aromatic carbocycles. The fraction of sp³-hybridized carbons (Fsp3) is 0.118. The molecule has 0 spiro atoms. The molecule has 0 aliphatic heterocycles. The molecule has 0 aromatic heterocycles. The molecule has 0 atom stereocenters. The first-order valence-electron chi connectivity index (χ1n) is 7.08. The van der Waals surface area contributed by atoms with Crippen LogP contribution in [0, 0.1) is 6.92 Å². The van der Waals surface area contributed by atoms with Gasteiger partial charge in [0, 0.05) is 11.4 Å². The van der Waals surface area contributed by atoms with Crippen LogP contribution in [0.5, 0.6) is 5.75 Å². The molecule has 3 N–H and O–H groups in total. The van der Waals surface area contributed by atoms with Crippen molar-refractivity contribution >= 4 is 23.4 Å². The minimum Gasteiger partial charge on any atom is -0.479 e. The Morgan fingerprint density at radius 1 is 0.958 bits per heavy atom. The number of anilines is 2. The predicted molar refractivity (Wildman–Crippen MR) is 89.7 cm³/mol. The predicted octanol–water partition coefficient (Wildman–Crippen LogP) is 2.46. The number of aryl methyl sites for hydroxylation is 1. The van der Waals surface area contributed by atoms with Gasteiger partial charge in [0.15, 0.2) is 12.4 Å². The fourth-order valence-corrected chi connectivity index (χ4v) is 1.82. The van der Waals surface area contributed by atoms with E-state index in [1.807, 2.05) is 19.1 Å². The van der Waals surface area contributed by atoms with Gasteiger partial charge in [0.1, 0.15) is 0 Å². The third-order valence-corrected chi connectivity index (χ3v) is 2.99. The summed E-state index contributed by atoms with van der Waals surface area (Å²) >= 11 is 0. The van der Waals surface area contributed by atoms with E-state index in [0.717, 1.165) is 5.56 Å². The zero-order chi connectivity index (χ0) is 17.5. The van der Waals surface area contributed by atoms with Crippen molar-refractivity contribution in [3.63, 3.8) is 0 Å². The molecule has 24 heavy (non-hydrogen) atoms. The van der Waals surface area contributed by atoms with Gasteiger partial charge in [-0.05, 0) is 43.3 Å². The summed E-state index contributed by atoms with van der Waals surface area (Å²) in [6.45, 7) is 1.33. The van der Waals surface area contributed by atoms with E-state index in [1.54, 1.807) is 12.1 Å². The van der Waals surface area contributed by atoms with Crippen molar-refractivity contribution in [2.75, 3.05) is 17.2 Å². The first-order valence-corrected chi connectivity index (χ1v) is 7.08. The number of urea groups is 1. The minimum atomic E-state index is -1.18. The first-order chi connectivity index (χ1) is 11.4. The van der Waals surface area contributed by atoms with Gasteiger partial charge in [0.2, 0.25) is 5.43 Å². The molecule has 7 nitrogen and oxygen atoms in total. The topological polar surface area (TPSA) is 105 Å². The van der Waals surface area contributed by atoms with Crippen molar-refractivity contribution < 1.29 is 19.4 Å². The van der Waals surface area contributed by atoms with Crippen LogP contribution in [0.25, 0.3) is 0 Å². The van der Waals surface area contributed by atoms with Gasteiger partial charge >= 0.3 is 12.0 Å². The third-order valence-electron chi connectivity index (χ3n) is 2.99. The summed E-state index contributed by atoms with van der Waals surface area (Å²) in [5.41, 5.74) is 1.59. The highest BCUT2D eigenvalue weighted by atomic mass is 16.5. The lowest BCUT2D eigenvalue weighted by molar-refractivity contribution is -0.139. The SMILES string of the molecule is Cc1ccc(NC(=O)Nc2ccc(OCC(=O)O)c(=O)cc2)cc1. The van der Waals surface area contributed by atoms with Crippen LogP contribution in [0.15, 0.2) is 53.3 Å². The lowest BCUT2D eigenvalue weighted by atomic mass is 10.2. The Bertz CT molecular complexity index is 803. The number of nitrogens with one attached hydrogen (secondary N) is 2. The number of ether oxygens (including phenoxy) is 1. The number of carbonyl (C=O) groups is 2. The molecule has 0 radical (unpaired) electrons. The number of hydrogen-bond donors (Lipinski definition) is 3. The maximum Gasteiger partial charge on any atom is 0.341 e. The summed E-state index contributed by atoms with van der Waals surface area (Å²) < 4.78 is 4.88. The Hall–Kier alpha value is -3.35. The highest BCUT2D eigenvalue weighted by Gasteiger charge is 2.05. The Balaban J connectivity index is 2.05. The van der Waals surface area contributed by atoms with E-state index in [-0.39, 0.29) is 5.75 Å². The first kappa shape index (κ1) is 17.0. The van der Waals surface area contributed by atoms with Gasteiger partial charge in [-0.1, -0.05) is 17.7 Å². The second-order valence-electron chi connectivity index (χ2n) is 4.98. The van der Waals surface area contributed by atoms with E-state index < -0.39 is 24.0 Å². The van der Waals surface area contributed by atoms with Crippen LogP contribution in [-0.4, -0.2) is 23.7 Å². The largest absolute Gasteiger partial charge is 0.479 e. The number of amides is 2. The molecule has 2 rings (SSSR count). The summed E-state index contributed by atoms with van der Waals surface area (Å²) in [7, 11) is 0. The lowest BCUT2D eigenvalue weighted by Crippen LogP contribution is -2.19. The summed E-state index contributed by atoms with van der Waals surface area (Å²) in [4.78, 5) is 34.2. The van der Waals surface area contributed by atoms with Gasteiger partial charge < -0.3 is 20.5 Å². The van der Waals surface area contributed by atoms with Gasteiger partial charge in [-0.2, -0.15) is 0 Å². The second kappa shape index (κ2) is 7.77. The van der Waals surface area contributed by atoms with Crippen LogP contribution in [0.4, 0.5) is 16.2 Å². The summed E-state index contributed by atoms with van der Waals surface area (Å²) in [5, 5.41) is 13.8. The Morgan fingerprint density at radius 2 is 1.50 bits per heavy atom. The van der Waals surface area contributed by atoms with Crippen molar-refractivity contribution in [3.05, 3.63) is 64.3 Å². The maximum absolute atomic E-state index is 11.9. The smallest absolute Gasteiger partial charge is 0.341 e. The van der Waals surface area contributed by atoms with Gasteiger partial charge in [-0.3, -0.25) is 4.79 Å². The van der Waals surface area contributed by atoms with E-state index in [2.05, 4.69) is 10.6 Å². The van der Waals surface area contributed by atoms with E-state index in [9.17, 15) is 14.4 Å². The van der Waals surface area contributed by atoms with Crippen molar-refractivity contribution in [3.8, 4) is 5.75 Å². The zero-order valence-electron chi connectivity index (χ0n) is 12.9. The summed E-state index contributed by atoms with van der Waals surface area (Å²) in [5.74, 6) is -1.29. The average Bonchev–Trinajstić information content (AvgIpc) is 2.70. The molecular weight excluding hydrogens is 312 g/mol. The van der Waals surface area contributed by atoms with Gasteiger partial charge in [0.05, 0.1) is 0 Å². The van der Waals surface area contributed by atoms with Gasteiger partial charge in [0.25, 0.3) is 0 Å². The molecule has 0 aliphatic rings. The highest BCUT2D eigenvalue weighted by molar-refractivity contribution is 5.99. The summed E-state index contributed by atoms with van der Waals surface area (Å²) in [6, 6.07) is 12.2. The van der Waals surface area contributed by atoms with Crippen molar-refractivity contribution in [2.24, 2.45) is 0 Å². The van der Waals surface area contributed by atoms with E-state index in [1.165, 1.54) is 24.3 Å². The molecule has 0 fully saturated rings.